The summed E-state index contributed by atoms with van der Waals surface area (Å²) in [6, 6.07) is 8.96. The molecule has 0 spiro atoms. The Morgan fingerprint density at radius 2 is 1.19 bits per heavy atom. The summed E-state index contributed by atoms with van der Waals surface area (Å²) in [6.07, 6.45) is 5.75. The zero-order valence-electron chi connectivity index (χ0n) is 21.3. The van der Waals surface area contributed by atoms with Gasteiger partial charge in [0.1, 0.15) is 0 Å². The van der Waals surface area contributed by atoms with Crippen LogP contribution in [0.1, 0.15) is 60.9 Å². The molecule has 0 atom stereocenters. The Kier molecular flexibility index (Phi) is 23.1. The van der Waals surface area contributed by atoms with Crippen molar-refractivity contribution in [3.63, 3.8) is 0 Å². The number of aryl methyl sites for hydroxylation is 6. The van der Waals surface area contributed by atoms with Gasteiger partial charge in [-0.05, 0) is 80.3 Å². The van der Waals surface area contributed by atoms with E-state index in [-0.39, 0.29) is 29.6 Å². The van der Waals surface area contributed by atoms with Crippen LogP contribution in [0.2, 0.25) is 0 Å². The van der Waals surface area contributed by atoms with Gasteiger partial charge in [0.2, 0.25) is 6.54 Å². The predicted octanol–water partition coefficient (Wildman–Crippen LogP) is 6.01. The Balaban J connectivity index is -0.000000446. The van der Waals surface area contributed by atoms with Gasteiger partial charge >= 0.3 is 29.6 Å². The molecule has 0 fully saturated rings. The van der Waals surface area contributed by atoms with Crippen molar-refractivity contribution >= 4 is 31.9 Å². The molecule has 0 saturated carbocycles. The van der Waals surface area contributed by atoms with Crippen LogP contribution < -0.4 is 29.6 Å². The topological polar surface area (TPSA) is 28.1 Å². The van der Waals surface area contributed by atoms with Gasteiger partial charge in [-0.3, -0.25) is 4.39 Å². The van der Waals surface area contributed by atoms with Crippen molar-refractivity contribution in [1.29, 1.82) is 5.26 Å². The molecule has 0 amide bonds. The molecule has 2 aromatic rings. The number of hydrogen-bond donors (Lipinski definition) is 0. The van der Waals surface area contributed by atoms with Crippen LogP contribution >= 0.6 is 31.9 Å². The van der Waals surface area contributed by atoms with Crippen LogP contribution in [-0.2, 0) is 12.8 Å². The van der Waals surface area contributed by atoms with Gasteiger partial charge in [0.05, 0.1) is 8.52 Å². The van der Waals surface area contributed by atoms with Gasteiger partial charge in [-0.15, -0.1) is 0 Å². The molecule has 0 unspecified atom stereocenters. The summed E-state index contributed by atoms with van der Waals surface area (Å²) < 4.78 is 18.0. The van der Waals surface area contributed by atoms with Crippen molar-refractivity contribution in [2.75, 3.05) is 13.7 Å². The molecule has 0 N–H and O–H groups in total. The summed E-state index contributed by atoms with van der Waals surface area (Å²) in [7, 11) is -1.00. The first kappa shape index (κ1) is 33.5. The molecule has 0 aromatic heterocycles. The van der Waals surface area contributed by atoms with Crippen LogP contribution in [0, 0.1) is 46.1 Å². The van der Waals surface area contributed by atoms with Gasteiger partial charge in [0.25, 0.3) is 0 Å². The second kappa shape index (κ2) is 22.1. The maximum atomic E-state index is 9.96. The third-order valence-electron chi connectivity index (χ3n) is 4.55. The number of benzene rings is 2. The van der Waals surface area contributed by atoms with Gasteiger partial charge in [-0.1, -0.05) is 69.5 Å². The van der Waals surface area contributed by atoms with Gasteiger partial charge in [-0.2, -0.15) is 0 Å². The van der Waals surface area contributed by atoms with Crippen LogP contribution in [-0.4, -0.2) is 13.7 Å². The zero-order chi connectivity index (χ0) is 25.1. The molecule has 0 radical (unpaired) electrons. The number of rotatable bonds is 6. The Hall–Kier alpha value is -0.690. The van der Waals surface area contributed by atoms with E-state index in [9.17, 15) is 4.39 Å². The maximum absolute atomic E-state index is 9.96. The minimum atomic E-state index is -1.00. The second-order valence-corrected chi connectivity index (χ2v) is 8.76. The van der Waals surface area contributed by atoms with E-state index < -0.39 is 7.15 Å². The van der Waals surface area contributed by atoms with E-state index in [0.29, 0.717) is 6.54 Å². The number of unbranched alkanes of at least 4 members (excludes halogenated alkanes) is 1. The fourth-order valence-electron chi connectivity index (χ4n) is 3.10. The third-order valence-corrected chi connectivity index (χ3v) is 7.05. The molecule has 2 aromatic carbocycles. The average Bonchev–Trinajstić information content (AvgIpc) is 2.77. The number of nitrogens with zero attached hydrogens (tertiary/aromatic N) is 2. The molecule has 0 heterocycles. The van der Waals surface area contributed by atoms with Crippen molar-refractivity contribution in [3.8, 4) is 0 Å². The van der Waals surface area contributed by atoms with Crippen molar-refractivity contribution < 1.29 is 35.3 Å². The van der Waals surface area contributed by atoms with Crippen molar-refractivity contribution in [1.82, 2.24) is 0 Å². The first-order valence-corrected chi connectivity index (χ1v) is 11.7. The summed E-state index contributed by atoms with van der Waals surface area (Å²) in [5.74, 6) is 0. The molecule has 0 aliphatic heterocycles. The Labute approximate surface area is 235 Å². The minimum absolute atomic E-state index is 0. The Morgan fingerprint density at radius 1 is 0.875 bits per heavy atom. The average molecular weight is 577 g/mol. The predicted molar refractivity (Wildman–Crippen MR) is 138 cm³/mol. The van der Waals surface area contributed by atoms with Gasteiger partial charge in [-0.25, -0.2) is 6.57 Å². The standard InChI is InChI=1S/C12H14BrN.C12H17Br.CH3F.CN.Na/c1-9-7-11(5-4-6-14-3)8-10(2)12(9)13;1-4-5-6-11-7-9(2)12(13)10(3)8-11;2*1-2;/h7-8H,4-6H2,1-2H3;7-8H,4-6H2,1-3H3;1H3;;/q;;;-1;+1/i;;1D;;. The van der Waals surface area contributed by atoms with Crippen molar-refractivity contribution in [2.24, 2.45) is 0 Å². The van der Waals surface area contributed by atoms with Crippen LogP contribution in [0.5, 0.6) is 0 Å². The monoisotopic (exact) mass is 575 g/mol. The maximum Gasteiger partial charge on any atom is 1.00 e. The molecule has 0 aliphatic rings. The number of alkyl halides is 1. The second-order valence-electron chi connectivity index (χ2n) is 7.18. The van der Waals surface area contributed by atoms with E-state index in [1.54, 1.807) is 0 Å². The molecule has 32 heavy (non-hydrogen) atoms. The summed E-state index contributed by atoms with van der Waals surface area (Å²) in [6.45, 7) is 22.9. The molecule has 0 aliphatic carbocycles. The van der Waals surface area contributed by atoms with Gasteiger partial charge < -0.3 is 16.7 Å². The molecule has 170 valence electrons. The normalized spacial score (nSPS) is 9.22. The largest absolute Gasteiger partial charge is 1.00 e. The summed E-state index contributed by atoms with van der Waals surface area (Å²) in [5, 5.41) is 6.25. The Morgan fingerprint density at radius 3 is 1.47 bits per heavy atom. The fraction of sp³-hybridized carbons (Fsp3) is 0.462. The zero-order valence-corrected chi connectivity index (χ0v) is 25.5. The van der Waals surface area contributed by atoms with E-state index >= 15 is 0 Å². The molecule has 6 heteroatoms. The molecule has 0 saturated heterocycles. The summed E-state index contributed by atoms with van der Waals surface area (Å²) in [4.78, 5) is 3.35. The third kappa shape index (κ3) is 14.5. The minimum Gasteiger partial charge on any atom is -0.512 e. The number of hydrogen-bond acceptors (Lipinski definition) is 1. The van der Waals surface area contributed by atoms with Crippen LogP contribution in [0.25, 0.3) is 4.85 Å². The fourth-order valence-corrected chi connectivity index (χ4v) is 3.56. The molecular weight excluding hydrogens is 542 g/mol. The van der Waals surface area contributed by atoms with E-state index in [0.717, 1.165) is 12.8 Å². The quantitative estimate of drug-likeness (QED) is 0.235. The smallest absolute Gasteiger partial charge is 0.512 e. The van der Waals surface area contributed by atoms with Crippen LogP contribution in [0.4, 0.5) is 4.39 Å². The Bertz CT molecular complexity index is 821. The molecule has 0 bridgehead atoms. The van der Waals surface area contributed by atoms with E-state index in [2.05, 4.69) is 95.6 Å². The SMILES string of the molecule is CCCCc1cc(C)c(Br)c(C)c1.[2H]CF.[C-]#N.[C-]#[N+]CCCc1cc(C)c(Br)c(C)c1.[Na+]. The van der Waals surface area contributed by atoms with E-state index in [4.69, 9.17) is 19.8 Å². The van der Waals surface area contributed by atoms with E-state index in [1.165, 1.54) is 61.6 Å². The number of halogens is 3. The first-order valence-electron chi connectivity index (χ1n) is 10.8. The molecule has 2 rings (SSSR count). The summed E-state index contributed by atoms with van der Waals surface area (Å²) >= 11 is 7.13. The van der Waals surface area contributed by atoms with Crippen molar-refractivity contribution in [3.05, 3.63) is 84.6 Å². The van der Waals surface area contributed by atoms with Gasteiger partial charge in [0.15, 0.2) is 0 Å². The summed E-state index contributed by atoms with van der Waals surface area (Å²) in [5.41, 5.74) is 8.08. The van der Waals surface area contributed by atoms with Crippen LogP contribution in [0.15, 0.2) is 33.2 Å². The van der Waals surface area contributed by atoms with Crippen LogP contribution in [0.3, 0.4) is 0 Å². The first-order chi connectivity index (χ1) is 15.2. The van der Waals surface area contributed by atoms with Crippen molar-refractivity contribution in [2.45, 2.75) is 66.7 Å². The molecule has 2 nitrogen and oxygen atoms in total. The van der Waals surface area contributed by atoms with Gasteiger partial charge in [0, 0.05) is 15.4 Å². The molecular formula is C26H34Br2FN2Na. The van der Waals surface area contributed by atoms with E-state index in [1.807, 2.05) is 0 Å².